The molecule has 1 aromatic carbocycles. The van der Waals surface area contributed by atoms with E-state index in [-0.39, 0.29) is 5.82 Å². The summed E-state index contributed by atoms with van der Waals surface area (Å²) >= 11 is 0. The highest BCUT2D eigenvalue weighted by molar-refractivity contribution is 5.68. The molecule has 0 aliphatic heterocycles. The Labute approximate surface area is 140 Å². The summed E-state index contributed by atoms with van der Waals surface area (Å²) in [5, 5.41) is 6.75. The van der Waals surface area contributed by atoms with Gasteiger partial charge in [-0.15, -0.1) is 6.58 Å². The van der Waals surface area contributed by atoms with Gasteiger partial charge in [0.25, 0.3) is 0 Å². The molecule has 0 fully saturated rings. The largest absolute Gasteiger partial charge is 0.444 e. The van der Waals surface area contributed by atoms with Gasteiger partial charge in [0.1, 0.15) is 17.1 Å². The Balaban J connectivity index is 2.15. The zero-order valence-corrected chi connectivity index (χ0v) is 14.0. The van der Waals surface area contributed by atoms with E-state index in [9.17, 15) is 9.18 Å². The van der Waals surface area contributed by atoms with E-state index in [2.05, 4.69) is 17.1 Å². The number of nitrogens with one attached hydrogen (secondary N) is 1. The van der Waals surface area contributed by atoms with Crippen molar-refractivity contribution in [2.24, 2.45) is 0 Å². The minimum absolute atomic E-state index is 0.324. The van der Waals surface area contributed by atoms with Crippen molar-refractivity contribution in [1.29, 1.82) is 0 Å². The summed E-state index contributed by atoms with van der Waals surface area (Å²) in [5.41, 5.74) is 0.649. The van der Waals surface area contributed by atoms with Gasteiger partial charge >= 0.3 is 6.09 Å². The number of alkyl carbamates (subject to hydrolysis) is 1. The molecule has 0 aliphatic carbocycles. The number of ether oxygens (including phenoxy) is 1. The number of hydrogen-bond donors (Lipinski definition) is 1. The van der Waals surface area contributed by atoms with Crippen molar-refractivity contribution in [1.82, 2.24) is 10.5 Å². The summed E-state index contributed by atoms with van der Waals surface area (Å²) in [4.78, 5) is 12.0. The SMILES string of the molecule is C=CCC(NC(=O)OC(C)(C)C)c1cc(-c2ccc(F)cc2)on1. The van der Waals surface area contributed by atoms with Crippen LogP contribution < -0.4 is 5.32 Å². The number of rotatable bonds is 5. The maximum Gasteiger partial charge on any atom is 0.408 e. The number of aromatic nitrogens is 1. The molecule has 0 saturated heterocycles. The third-order valence-corrected chi connectivity index (χ3v) is 3.11. The van der Waals surface area contributed by atoms with E-state index in [0.717, 1.165) is 0 Å². The Bertz CT molecular complexity index is 702. The molecule has 0 radical (unpaired) electrons. The Morgan fingerprint density at radius 2 is 2.08 bits per heavy atom. The molecule has 2 rings (SSSR count). The molecule has 0 saturated carbocycles. The van der Waals surface area contributed by atoms with E-state index in [1.165, 1.54) is 12.1 Å². The highest BCUT2D eigenvalue weighted by Crippen LogP contribution is 2.25. The molecule has 1 N–H and O–H groups in total. The second-order valence-electron chi connectivity index (χ2n) is 6.35. The highest BCUT2D eigenvalue weighted by Gasteiger charge is 2.22. The molecule has 5 nitrogen and oxygen atoms in total. The van der Waals surface area contributed by atoms with Gasteiger partial charge in [0, 0.05) is 11.6 Å². The summed E-state index contributed by atoms with van der Waals surface area (Å²) in [7, 11) is 0. The fourth-order valence-corrected chi connectivity index (χ4v) is 2.07. The van der Waals surface area contributed by atoms with Crippen LogP contribution in [0.25, 0.3) is 11.3 Å². The molecular weight excluding hydrogens is 311 g/mol. The van der Waals surface area contributed by atoms with Gasteiger partial charge in [-0.25, -0.2) is 9.18 Å². The monoisotopic (exact) mass is 332 g/mol. The van der Waals surface area contributed by atoms with Crippen molar-refractivity contribution in [3.05, 3.63) is 54.5 Å². The van der Waals surface area contributed by atoms with Crippen LogP contribution in [0, 0.1) is 5.82 Å². The highest BCUT2D eigenvalue weighted by atomic mass is 19.1. The number of halogens is 1. The maximum absolute atomic E-state index is 13.0. The fraction of sp³-hybridized carbons (Fsp3) is 0.333. The lowest BCUT2D eigenvalue weighted by Crippen LogP contribution is -2.35. The molecule has 0 aliphatic rings. The van der Waals surface area contributed by atoms with Crippen molar-refractivity contribution < 1.29 is 18.4 Å². The molecule has 6 heteroatoms. The summed E-state index contributed by atoms with van der Waals surface area (Å²) in [6, 6.07) is 7.18. The summed E-state index contributed by atoms with van der Waals surface area (Å²) in [6.45, 7) is 9.06. The average molecular weight is 332 g/mol. The normalized spacial score (nSPS) is 12.5. The first-order chi connectivity index (χ1) is 11.3. The number of amides is 1. The number of benzene rings is 1. The van der Waals surface area contributed by atoms with Gasteiger partial charge in [-0.05, 0) is 51.5 Å². The molecule has 1 amide bonds. The lowest BCUT2D eigenvalue weighted by molar-refractivity contribution is 0.0502. The zero-order valence-electron chi connectivity index (χ0n) is 14.0. The second kappa shape index (κ2) is 7.29. The molecule has 0 spiro atoms. The molecule has 1 aromatic heterocycles. The Kier molecular flexibility index (Phi) is 5.39. The fourth-order valence-electron chi connectivity index (χ4n) is 2.07. The van der Waals surface area contributed by atoms with Crippen molar-refractivity contribution in [3.8, 4) is 11.3 Å². The quantitative estimate of drug-likeness (QED) is 0.811. The first-order valence-corrected chi connectivity index (χ1v) is 7.61. The van der Waals surface area contributed by atoms with Crippen LogP contribution in [0.4, 0.5) is 9.18 Å². The molecule has 2 aromatic rings. The minimum atomic E-state index is -0.591. The molecule has 1 unspecified atom stereocenters. The van der Waals surface area contributed by atoms with Gasteiger partial charge in [-0.3, -0.25) is 0 Å². The molecule has 24 heavy (non-hydrogen) atoms. The van der Waals surface area contributed by atoms with Crippen molar-refractivity contribution in [2.45, 2.75) is 38.8 Å². The second-order valence-corrected chi connectivity index (χ2v) is 6.35. The van der Waals surface area contributed by atoms with Gasteiger partial charge in [-0.2, -0.15) is 0 Å². The summed E-state index contributed by atoms with van der Waals surface area (Å²) in [6.07, 6.45) is 1.60. The number of carbonyl (C=O) groups excluding carboxylic acids is 1. The smallest absolute Gasteiger partial charge is 0.408 e. The van der Waals surface area contributed by atoms with E-state index in [1.54, 1.807) is 45.0 Å². The number of carbonyl (C=O) groups is 1. The van der Waals surface area contributed by atoms with Crippen LogP contribution in [0.5, 0.6) is 0 Å². The standard InChI is InChI=1S/C18H21FN2O3/c1-5-6-14(20-17(22)23-18(2,3)4)15-11-16(24-21-15)12-7-9-13(19)10-8-12/h5,7-11,14H,1,6H2,2-4H3,(H,20,22). The number of nitrogens with zero attached hydrogens (tertiary/aromatic N) is 1. The summed E-state index contributed by atoms with van der Waals surface area (Å²) < 4.78 is 23.6. The van der Waals surface area contributed by atoms with Crippen LogP contribution in [0.2, 0.25) is 0 Å². The van der Waals surface area contributed by atoms with Gasteiger partial charge < -0.3 is 14.6 Å². The molecule has 0 bridgehead atoms. The predicted molar refractivity (Wildman–Crippen MR) is 88.8 cm³/mol. The van der Waals surface area contributed by atoms with E-state index in [4.69, 9.17) is 9.26 Å². The van der Waals surface area contributed by atoms with Gasteiger partial charge in [0.05, 0.1) is 6.04 Å². The lowest BCUT2D eigenvalue weighted by Gasteiger charge is -2.22. The maximum atomic E-state index is 13.0. The molecular formula is C18H21FN2O3. The van der Waals surface area contributed by atoms with E-state index in [0.29, 0.717) is 23.4 Å². The number of hydrogen-bond acceptors (Lipinski definition) is 4. The Morgan fingerprint density at radius 3 is 2.67 bits per heavy atom. The lowest BCUT2D eigenvalue weighted by atomic mass is 10.1. The van der Waals surface area contributed by atoms with Crippen LogP contribution in [-0.4, -0.2) is 16.9 Å². The van der Waals surface area contributed by atoms with E-state index >= 15 is 0 Å². The molecule has 1 atom stereocenters. The van der Waals surface area contributed by atoms with E-state index in [1.807, 2.05) is 0 Å². The van der Waals surface area contributed by atoms with Crippen molar-refractivity contribution in [3.63, 3.8) is 0 Å². The minimum Gasteiger partial charge on any atom is -0.444 e. The first-order valence-electron chi connectivity index (χ1n) is 7.61. The first kappa shape index (κ1) is 17.7. The third-order valence-electron chi connectivity index (χ3n) is 3.11. The van der Waals surface area contributed by atoms with Crippen LogP contribution in [0.1, 0.15) is 38.9 Å². The zero-order chi connectivity index (χ0) is 17.7. The average Bonchev–Trinajstić information content (AvgIpc) is 2.95. The van der Waals surface area contributed by atoms with Gasteiger partial charge in [0.15, 0.2) is 5.76 Å². The van der Waals surface area contributed by atoms with Crippen LogP contribution in [0.3, 0.4) is 0 Å². The van der Waals surface area contributed by atoms with Crippen LogP contribution in [-0.2, 0) is 4.74 Å². The van der Waals surface area contributed by atoms with Gasteiger partial charge in [0.2, 0.25) is 0 Å². The molecule has 1 heterocycles. The summed E-state index contributed by atoms with van der Waals surface area (Å²) in [5.74, 6) is 0.166. The topological polar surface area (TPSA) is 64.4 Å². The van der Waals surface area contributed by atoms with Crippen molar-refractivity contribution in [2.75, 3.05) is 0 Å². The van der Waals surface area contributed by atoms with Crippen LogP contribution in [0.15, 0.2) is 47.5 Å². The Hall–Kier alpha value is -2.63. The van der Waals surface area contributed by atoms with E-state index < -0.39 is 17.7 Å². The van der Waals surface area contributed by atoms with Crippen LogP contribution >= 0.6 is 0 Å². The van der Waals surface area contributed by atoms with Crippen molar-refractivity contribution >= 4 is 6.09 Å². The third kappa shape index (κ3) is 4.94. The predicted octanol–water partition coefficient (Wildman–Crippen LogP) is 4.62. The van der Waals surface area contributed by atoms with Gasteiger partial charge in [-0.1, -0.05) is 11.2 Å². The Morgan fingerprint density at radius 1 is 1.42 bits per heavy atom. The molecule has 128 valence electrons.